The van der Waals surface area contributed by atoms with Crippen molar-refractivity contribution in [1.82, 2.24) is 0 Å². The summed E-state index contributed by atoms with van der Waals surface area (Å²) >= 11 is 0. The molecule has 1 aromatic carbocycles. The Hall–Kier alpha value is -0.440. The summed E-state index contributed by atoms with van der Waals surface area (Å²) in [5, 5.41) is 0. The van der Waals surface area contributed by atoms with Crippen LogP contribution in [0.2, 0.25) is 0 Å². The number of carbonyl (C=O) groups is 1. The molecule has 0 unspecified atom stereocenters. The van der Waals surface area contributed by atoms with Crippen LogP contribution in [0.3, 0.4) is 0 Å². The fraction of sp³-hybridized carbons (Fsp3) is 0.500. The quantitative estimate of drug-likeness (QED) is 0.336. The van der Waals surface area contributed by atoms with Gasteiger partial charge in [0.2, 0.25) is 5.91 Å². The fourth-order valence-electron chi connectivity index (χ4n) is 2.18. The second-order valence-corrected chi connectivity index (χ2v) is 5.98. The predicted octanol–water partition coefficient (Wildman–Crippen LogP) is -1.70. The first kappa shape index (κ1) is 21.6. The van der Waals surface area contributed by atoms with Gasteiger partial charge in [0.1, 0.15) is 22.6 Å². The molecule has 22 heavy (non-hydrogen) atoms. The van der Waals surface area contributed by atoms with Crippen LogP contribution in [0.15, 0.2) is 18.2 Å². The number of benzene rings is 1. The molecule has 0 atom stereocenters. The first-order chi connectivity index (χ1) is 9.84. The minimum Gasteiger partial charge on any atom is -0.748 e. The Kier molecular flexibility index (Phi) is 9.45. The van der Waals surface area contributed by atoms with E-state index in [1.165, 1.54) is 12.0 Å². The van der Waals surface area contributed by atoms with E-state index in [2.05, 4.69) is 0 Å². The number of para-hydroxylation sites is 1. The van der Waals surface area contributed by atoms with E-state index in [0.29, 0.717) is 18.5 Å². The molecule has 118 valence electrons. The molecule has 0 aromatic heterocycles. The molecular formula is C14H20NNaO5S. The van der Waals surface area contributed by atoms with Gasteiger partial charge in [0.25, 0.3) is 0 Å². The average Bonchev–Trinajstić information content (AvgIpc) is 2.42. The summed E-state index contributed by atoms with van der Waals surface area (Å²) in [5.41, 5.74) is 2.45. The van der Waals surface area contributed by atoms with Crippen molar-refractivity contribution >= 4 is 21.7 Å². The number of aryl methyl sites for hydroxylation is 2. The minimum absolute atomic E-state index is 0. The van der Waals surface area contributed by atoms with Crippen molar-refractivity contribution in [1.29, 1.82) is 0 Å². The third kappa shape index (κ3) is 5.98. The Bertz CT molecular complexity index is 581. The minimum atomic E-state index is -4.63. The normalized spacial score (nSPS) is 10.9. The molecule has 1 aromatic rings. The second kappa shape index (κ2) is 9.64. The third-order valence-corrected chi connectivity index (χ3v) is 3.69. The Morgan fingerprint density at radius 3 is 2.09 bits per heavy atom. The molecule has 0 aliphatic heterocycles. The Morgan fingerprint density at radius 1 is 1.23 bits per heavy atom. The van der Waals surface area contributed by atoms with Gasteiger partial charge in [-0.05, 0) is 24.0 Å². The smallest absolute Gasteiger partial charge is 0.748 e. The van der Waals surface area contributed by atoms with Crippen molar-refractivity contribution in [2.45, 2.75) is 26.7 Å². The van der Waals surface area contributed by atoms with Gasteiger partial charge in [0.15, 0.2) is 0 Å². The van der Waals surface area contributed by atoms with Crippen molar-refractivity contribution in [3.8, 4) is 0 Å². The monoisotopic (exact) mass is 337 g/mol. The van der Waals surface area contributed by atoms with Gasteiger partial charge in [-0.2, -0.15) is 0 Å². The average molecular weight is 337 g/mol. The van der Waals surface area contributed by atoms with E-state index in [1.54, 1.807) is 0 Å². The molecule has 0 aliphatic carbocycles. The molecule has 0 heterocycles. The van der Waals surface area contributed by atoms with Crippen LogP contribution in [0.25, 0.3) is 0 Å². The summed E-state index contributed by atoms with van der Waals surface area (Å²) in [6.07, 6.45) is 1.36. The number of rotatable bonds is 7. The molecule has 0 spiro atoms. The zero-order valence-electron chi connectivity index (χ0n) is 13.5. The molecule has 0 saturated heterocycles. The molecule has 1 rings (SSSR count). The molecule has 1 amide bonds. The molecular weight excluding hydrogens is 317 g/mol. The maximum atomic E-state index is 12.2. The Balaban J connectivity index is 0.00000441. The number of anilines is 1. The van der Waals surface area contributed by atoms with Gasteiger partial charge in [-0.15, -0.1) is 0 Å². The van der Waals surface area contributed by atoms with Crippen molar-refractivity contribution in [2.24, 2.45) is 0 Å². The Morgan fingerprint density at radius 2 is 1.73 bits per heavy atom. The van der Waals surface area contributed by atoms with Crippen LogP contribution in [-0.4, -0.2) is 38.5 Å². The molecule has 6 nitrogen and oxygen atoms in total. The summed E-state index contributed by atoms with van der Waals surface area (Å²) in [7, 11) is -3.22. The standard InChI is InChI=1S/C14H21NO5S.Na/c1-4-11-7-6-8-12(5-2)14(11)15(10-20-3)13(16)9-21(17,18)19;/h6-8H,4-5,9-10H2,1-3H3,(H,17,18,19);/q;+1/p-1. The fourth-order valence-corrected chi connectivity index (χ4v) is 2.64. The summed E-state index contributed by atoms with van der Waals surface area (Å²) in [6.45, 7) is 3.79. The van der Waals surface area contributed by atoms with Gasteiger partial charge in [-0.1, -0.05) is 32.0 Å². The van der Waals surface area contributed by atoms with Crippen LogP contribution in [0.4, 0.5) is 5.69 Å². The maximum Gasteiger partial charge on any atom is 1.00 e. The predicted molar refractivity (Wildman–Crippen MR) is 79.1 cm³/mol. The zero-order chi connectivity index (χ0) is 16.0. The number of nitrogens with zero attached hydrogens (tertiary/aromatic N) is 1. The number of hydrogen-bond acceptors (Lipinski definition) is 5. The van der Waals surface area contributed by atoms with E-state index in [4.69, 9.17) is 4.74 Å². The van der Waals surface area contributed by atoms with E-state index in [0.717, 1.165) is 11.1 Å². The van der Waals surface area contributed by atoms with Crippen molar-refractivity contribution in [3.05, 3.63) is 29.3 Å². The van der Waals surface area contributed by atoms with Crippen LogP contribution in [-0.2, 0) is 32.5 Å². The van der Waals surface area contributed by atoms with E-state index in [-0.39, 0.29) is 36.3 Å². The van der Waals surface area contributed by atoms with Crippen molar-refractivity contribution in [3.63, 3.8) is 0 Å². The SMILES string of the molecule is CCc1cccc(CC)c1N(COC)C(=O)CS(=O)(=O)[O-].[Na+]. The van der Waals surface area contributed by atoms with Gasteiger partial charge in [-0.3, -0.25) is 9.69 Å². The van der Waals surface area contributed by atoms with Gasteiger partial charge in [0.05, 0.1) is 5.69 Å². The topological polar surface area (TPSA) is 86.7 Å². The summed E-state index contributed by atoms with van der Waals surface area (Å²) < 4.78 is 37.5. The van der Waals surface area contributed by atoms with E-state index in [9.17, 15) is 17.8 Å². The second-order valence-electron chi connectivity index (χ2n) is 4.57. The number of amides is 1. The number of carbonyl (C=O) groups excluding carboxylic acids is 1. The first-order valence-corrected chi connectivity index (χ1v) is 8.25. The largest absolute Gasteiger partial charge is 1.00 e. The number of methoxy groups -OCH3 is 1. The molecule has 0 fully saturated rings. The van der Waals surface area contributed by atoms with E-state index in [1.807, 2.05) is 32.0 Å². The third-order valence-electron chi connectivity index (χ3n) is 3.09. The number of ether oxygens (including phenoxy) is 1. The molecule has 0 bridgehead atoms. The molecule has 0 aliphatic rings. The van der Waals surface area contributed by atoms with Gasteiger partial charge >= 0.3 is 29.6 Å². The van der Waals surface area contributed by atoms with Crippen LogP contribution in [0, 0.1) is 0 Å². The molecule has 8 heteroatoms. The zero-order valence-corrected chi connectivity index (χ0v) is 16.3. The van der Waals surface area contributed by atoms with Crippen LogP contribution < -0.4 is 34.5 Å². The van der Waals surface area contributed by atoms with Crippen LogP contribution in [0.5, 0.6) is 0 Å². The number of hydrogen-bond donors (Lipinski definition) is 0. The summed E-state index contributed by atoms with van der Waals surface area (Å²) in [5.74, 6) is -1.85. The van der Waals surface area contributed by atoms with E-state index >= 15 is 0 Å². The molecule has 0 saturated carbocycles. The summed E-state index contributed by atoms with van der Waals surface area (Å²) in [4.78, 5) is 13.4. The van der Waals surface area contributed by atoms with Crippen LogP contribution >= 0.6 is 0 Å². The van der Waals surface area contributed by atoms with Crippen molar-refractivity contribution < 1.29 is 52.1 Å². The first-order valence-electron chi connectivity index (χ1n) is 6.67. The van der Waals surface area contributed by atoms with E-state index < -0.39 is 21.8 Å². The molecule has 0 N–H and O–H groups in total. The van der Waals surface area contributed by atoms with Gasteiger partial charge < -0.3 is 9.29 Å². The maximum absolute atomic E-state index is 12.2. The van der Waals surface area contributed by atoms with Gasteiger partial charge in [-0.25, -0.2) is 8.42 Å². The summed E-state index contributed by atoms with van der Waals surface area (Å²) in [6, 6.07) is 5.63. The van der Waals surface area contributed by atoms with Crippen LogP contribution in [0.1, 0.15) is 25.0 Å². The van der Waals surface area contributed by atoms with Crippen molar-refractivity contribution in [2.75, 3.05) is 24.5 Å². The molecule has 0 radical (unpaired) electrons. The Labute approximate surface area is 153 Å². The van der Waals surface area contributed by atoms with Gasteiger partial charge in [0, 0.05) is 7.11 Å².